The summed E-state index contributed by atoms with van der Waals surface area (Å²) in [7, 11) is 0. The predicted octanol–water partition coefficient (Wildman–Crippen LogP) is 2.94. The topological polar surface area (TPSA) is 49.4 Å². The number of hydrogen-bond donors (Lipinski definition) is 1. The normalized spacial score (nSPS) is 17.6. The third kappa shape index (κ3) is 3.63. The molecule has 124 valence electrons. The fourth-order valence-electron chi connectivity index (χ4n) is 2.69. The van der Waals surface area contributed by atoms with Crippen molar-refractivity contribution in [2.45, 2.75) is 18.9 Å². The van der Waals surface area contributed by atoms with Crippen LogP contribution < -0.4 is 10.2 Å². The largest absolute Gasteiger partial charge is 0.305 e. The number of halogens is 2. The number of imide groups is 1. The molecule has 6 heteroatoms. The van der Waals surface area contributed by atoms with E-state index in [-0.39, 0.29) is 18.2 Å². The Morgan fingerprint density at radius 3 is 2.42 bits per heavy atom. The van der Waals surface area contributed by atoms with Gasteiger partial charge in [0.05, 0.1) is 18.2 Å². The Kier molecular flexibility index (Phi) is 4.92. The highest BCUT2D eigenvalue weighted by molar-refractivity contribution is 6.30. The van der Waals surface area contributed by atoms with Crippen LogP contribution in [0.25, 0.3) is 0 Å². The molecule has 1 fully saturated rings. The van der Waals surface area contributed by atoms with Crippen molar-refractivity contribution in [1.29, 1.82) is 0 Å². The SMILES string of the molecule is O=C1C[C@H](NCCc2ccc(Cl)cc2)C(=O)N1c1ccc(F)cc1. The van der Waals surface area contributed by atoms with Crippen LogP contribution >= 0.6 is 11.6 Å². The van der Waals surface area contributed by atoms with Gasteiger partial charge in [0.1, 0.15) is 5.82 Å². The van der Waals surface area contributed by atoms with E-state index in [1.54, 1.807) is 0 Å². The van der Waals surface area contributed by atoms with E-state index in [1.165, 1.54) is 24.3 Å². The fourth-order valence-corrected chi connectivity index (χ4v) is 2.82. The number of hydrogen-bond acceptors (Lipinski definition) is 3. The van der Waals surface area contributed by atoms with Crippen molar-refractivity contribution in [2.24, 2.45) is 0 Å². The van der Waals surface area contributed by atoms with Gasteiger partial charge in [0.25, 0.3) is 5.91 Å². The van der Waals surface area contributed by atoms with E-state index in [4.69, 9.17) is 11.6 Å². The van der Waals surface area contributed by atoms with Crippen LogP contribution in [0.1, 0.15) is 12.0 Å². The summed E-state index contributed by atoms with van der Waals surface area (Å²) in [6.07, 6.45) is 0.836. The van der Waals surface area contributed by atoms with Crippen LogP contribution in [0.15, 0.2) is 48.5 Å². The Morgan fingerprint density at radius 1 is 1.08 bits per heavy atom. The van der Waals surface area contributed by atoms with E-state index in [9.17, 15) is 14.0 Å². The summed E-state index contributed by atoms with van der Waals surface area (Å²) in [5, 5.41) is 3.80. The second kappa shape index (κ2) is 7.11. The van der Waals surface area contributed by atoms with Crippen molar-refractivity contribution in [3.63, 3.8) is 0 Å². The molecule has 2 amide bonds. The molecule has 0 aromatic heterocycles. The van der Waals surface area contributed by atoms with E-state index in [1.807, 2.05) is 24.3 Å². The number of carbonyl (C=O) groups is 2. The van der Waals surface area contributed by atoms with Gasteiger partial charge in [-0.05, 0) is 54.9 Å². The maximum Gasteiger partial charge on any atom is 0.251 e. The quantitative estimate of drug-likeness (QED) is 0.847. The maximum absolute atomic E-state index is 13.0. The minimum Gasteiger partial charge on any atom is -0.305 e. The number of nitrogens with one attached hydrogen (secondary N) is 1. The zero-order chi connectivity index (χ0) is 17.1. The summed E-state index contributed by atoms with van der Waals surface area (Å²) in [5.41, 5.74) is 1.49. The molecule has 0 unspecified atom stereocenters. The highest BCUT2D eigenvalue weighted by Crippen LogP contribution is 2.23. The Morgan fingerprint density at radius 2 is 1.75 bits per heavy atom. The number of nitrogens with zero attached hydrogens (tertiary/aromatic N) is 1. The van der Waals surface area contributed by atoms with Gasteiger partial charge in [-0.15, -0.1) is 0 Å². The summed E-state index contributed by atoms with van der Waals surface area (Å²) in [4.78, 5) is 25.6. The lowest BCUT2D eigenvalue weighted by molar-refractivity contribution is -0.121. The molecule has 3 rings (SSSR count). The first-order chi connectivity index (χ1) is 11.5. The van der Waals surface area contributed by atoms with Gasteiger partial charge in [0.15, 0.2) is 0 Å². The third-order valence-electron chi connectivity index (χ3n) is 3.95. The molecular weight excluding hydrogens is 331 g/mol. The van der Waals surface area contributed by atoms with Crippen LogP contribution in [-0.2, 0) is 16.0 Å². The van der Waals surface area contributed by atoms with Crippen LogP contribution in [0, 0.1) is 5.82 Å². The molecule has 1 heterocycles. The summed E-state index contributed by atoms with van der Waals surface area (Å²) in [5.74, 6) is -0.992. The molecule has 0 bridgehead atoms. The summed E-state index contributed by atoms with van der Waals surface area (Å²) in [6, 6.07) is 12.3. The molecule has 24 heavy (non-hydrogen) atoms. The van der Waals surface area contributed by atoms with Gasteiger partial charge in [-0.1, -0.05) is 23.7 Å². The lowest BCUT2D eigenvalue weighted by Gasteiger charge is -2.15. The Hall–Kier alpha value is -2.24. The van der Waals surface area contributed by atoms with Gasteiger partial charge in [-0.3, -0.25) is 9.59 Å². The summed E-state index contributed by atoms with van der Waals surface area (Å²) >= 11 is 5.84. The van der Waals surface area contributed by atoms with E-state index in [0.29, 0.717) is 17.3 Å². The average Bonchev–Trinajstić information content (AvgIpc) is 2.85. The highest BCUT2D eigenvalue weighted by Gasteiger charge is 2.39. The van der Waals surface area contributed by atoms with Crippen molar-refractivity contribution in [3.05, 3.63) is 64.9 Å². The molecule has 1 saturated heterocycles. The molecule has 1 aliphatic heterocycles. The first-order valence-corrected chi connectivity index (χ1v) is 8.02. The summed E-state index contributed by atoms with van der Waals surface area (Å²) < 4.78 is 13.0. The average molecular weight is 347 g/mol. The van der Waals surface area contributed by atoms with E-state index in [0.717, 1.165) is 16.9 Å². The van der Waals surface area contributed by atoms with E-state index < -0.39 is 11.9 Å². The third-order valence-corrected chi connectivity index (χ3v) is 4.20. The van der Waals surface area contributed by atoms with E-state index >= 15 is 0 Å². The molecule has 1 aliphatic rings. The standard InChI is InChI=1S/C18H16ClFN2O2/c19-13-3-1-12(2-4-13)9-10-21-16-11-17(23)22(18(16)24)15-7-5-14(20)6-8-15/h1-8,16,21H,9-11H2/t16-/m0/s1. The zero-order valence-electron chi connectivity index (χ0n) is 12.8. The first-order valence-electron chi connectivity index (χ1n) is 7.65. The van der Waals surface area contributed by atoms with E-state index in [2.05, 4.69) is 5.32 Å². The van der Waals surface area contributed by atoms with Crippen LogP contribution in [0.3, 0.4) is 0 Å². The molecule has 2 aromatic carbocycles. The molecule has 4 nitrogen and oxygen atoms in total. The Labute approximate surface area is 144 Å². The molecule has 0 saturated carbocycles. The van der Waals surface area contributed by atoms with Crippen LogP contribution in [0.5, 0.6) is 0 Å². The van der Waals surface area contributed by atoms with Gasteiger partial charge < -0.3 is 5.32 Å². The second-order valence-corrected chi connectivity index (χ2v) is 6.07. The Bertz CT molecular complexity index is 747. The van der Waals surface area contributed by atoms with Crippen molar-refractivity contribution < 1.29 is 14.0 Å². The summed E-state index contributed by atoms with van der Waals surface area (Å²) in [6.45, 7) is 0.572. The monoisotopic (exact) mass is 346 g/mol. The van der Waals surface area contributed by atoms with Crippen LogP contribution in [0.2, 0.25) is 5.02 Å². The zero-order valence-corrected chi connectivity index (χ0v) is 13.6. The number of benzene rings is 2. The smallest absolute Gasteiger partial charge is 0.251 e. The molecule has 1 N–H and O–H groups in total. The van der Waals surface area contributed by atoms with Gasteiger partial charge in [-0.2, -0.15) is 0 Å². The molecule has 0 aliphatic carbocycles. The molecule has 0 radical (unpaired) electrons. The highest BCUT2D eigenvalue weighted by atomic mass is 35.5. The number of carbonyl (C=O) groups excluding carboxylic acids is 2. The first kappa shape index (κ1) is 16.6. The number of amides is 2. The lowest BCUT2D eigenvalue weighted by atomic mass is 10.1. The predicted molar refractivity (Wildman–Crippen MR) is 90.5 cm³/mol. The van der Waals surface area contributed by atoms with Crippen molar-refractivity contribution in [3.8, 4) is 0 Å². The molecule has 1 atom stereocenters. The number of rotatable bonds is 5. The van der Waals surface area contributed by atoms with Crippen LogP contribution in [0.4, 0.5) is 10.1 Å². The maximum atomic E-state index is 13.0. The van der Waals surface area contributed by atoms with Crippen molar-refractivity contribution in [1.82, 2.24) is 5.32 Å². The van der Waals surface area contributed by atoms with Gasteiger partial charge in [-0.25, -0.2) is 9.29 Å². The van der Waals surface area contributed by atoms with Crippen molar-refractivity contribution in [2.75, 3.05) is 11.4 Å². The van der Waals surface area contributed by atoms with Gasteiger partial charge >= 0.3 is 0 Å². The second-order valence-electron chi connectivity index (χ2n) is 5.63. The van der Waals surface area contributed by atoms with Gasteiger partial charge in [0, 0.05) is 5.02 Å². The van der Waals surface area contributed by atoms with Gasteiger partial charge in [0.2, 0.25) is 5.91 Å². The van der Waals surface area contributed by atoms with Crippen LogP contribution in [-0.4, -0.2) is 24.4 Å². The lowest BCUT2D eigenvalue weighted by Crippen LogP contribution is -2.39. The molecular formula is C18H16ClFN2O2. The molecule has 0 spiro atoms. The minimum absolute atomic E-state index is 0.108. The minimum atomic E-state index is -0.546. The Balaban J connectivity index is 1.59. The number of anilines is 1. The fraction of sp³-hybridized carbons (Fsp3) is 0.222. The molecule has 2 aromatic rings. The van der Waals surface area contributed by atoms with Crippen molar-refractivity contribution >= 4 is 29.1 Å².